The third-order valence-corrected chi connectivity index (χ3v) is 4.82. The molecule has 9 nitrogen and oxygen atoms in total. The second-order valence-corrected chi connectivity index (χ2v) is 6.84. The third-order valence-electron chi connectivity index (χ3n) is 4.82. The Morgan fingerprint density at radius 2 is 1.84 bits per heavy atom. The first-order chi connectivity index (χ1) is 14.8. The van der Waals surface area contributed by atoms with E-state index in [1.54, 1.807) is 19.1 Å². The van der Waals surface area contributed by atoms with Crippen molar-refractivity contribution in [1.29, 1.82) is 0 Å². The first-order valence-corrected chi connectivity index (χ1v) is 9.58. The topological polar surface area (TPSA) is 128 Å². The van der Waals surface area contributed by atoms with Gasteiger partial charge < -0.3 is 15.2 Å². The molecule has 1 aromatic heterocycles. The van der Waals surface area contributed by atoms with Crippen molar-refractivity contribution in [3.63, 3.8) is 0 Å². The van der Waals surface area contributed by atoms with Crippen molar-refractivity contribution >= 4 is 23.5 Å². The van der Waals surface area contributed by atoms with Crippen LogP contribution in [0.5, 0.6) is 0 Å². The van der Waals surface area contributed by atoms with Crippen LogP contribution in [0.15, 0.2) is 47.3 Å². The number of allylic oxidation sites excluding steroid dienone is 2. The number of nitrogens with zero attached hydrogens (tertiary/aromatic N) is 2. The molecule has 1 aliphatic rings. The number of carbonyl (C=O) groups excluding carboxylic acids is 2. The van der Waals surface area contributed by atoms with Gasteiger partial charge in [-0.05, 0) is 44.0 Å². The predicted octanol–water partition coefficient (Wildman–Crippen LogP) is 2.15. The Bertz CT molecular complexity index is 1090. The van der Waals surface area contributed by atoms with Crippen LogP contribution in [0.2, 0.25) is 0 Å². The number of carbonyl (C=O) groups is 3. The van der Waals surface area contributed by atoms with E-state index in [0.29, 0.717) is 0 Å². The van der Waals surface area contributed by atoms with Crippen molar-refractivity contribution in [2.24, 2.45) is 11.8 Å². The molecule has 2 atom stereocenters. The van der Waals surface area contributed by atoms with Crippen LogP contribution in [0.25, 0.3) is 5.69 Å². The number of carboxylic acid groups (broad SMARTS) is 1. The van der Waals surface area contributed by atoms with Crippen LogP contribution in [0, 0.1) is 17.7 Å². The van der Waals surface area contributed by atoms with E-state index in [-0.39, 0.29) is 36.5 Å². The number of benzene rings is 1. The molecule has 10 heteroatoms. The minimum Gasteiger partial charge on any atom is -0.481 e. The lowest BCUT2D eigenvalue weighted by Gasteiger charge is -2.24. The van der Waals surface area contributed by atoms with Gasteiger partial charge >= 0.3 is 11.9 Å². The normalized spacial score (nSPS) is 17.7. The number of aliphatic carboxylic acids is 1. The zero-order valence-electron chi connectivity index (χ0n) is 16.6. The van der Waals surface area contributed by atoms with E-state index in [4.69, 9.17) is 4.74 Å². The van der Waals surface area contributed by atoms with E-state index < -0.39 is 41.1 Å². The number of hydrogen-bond acceptors (Lipinski definition) is 6. The Balaban J connectivity index is 1.99. The number of rotatable bonds is 6. The minimum absolute atomic E-state index is 0.0259. The summed E-state index contributed by atoms with van der Waals surface area (Å²) in [5.74, 6) is -4.96. The molecule has 0 saturated heterocycles. The first kappa shape index (κ1) is 21.9. The van der Waals surface area contributed by atoms with Crippen LogP contribution in [-0.4, -0.2) is 39.3 Å². The van der Waals surface area contributed by atoms with Crippen LogP contribution < -0.4 is 10.9 Å². The molecule has 31 heavy (non-hydrogen) atoms. The highest BCUT2D eigenvalue weighted by molar-refractivity contribution is 6.01. The molecule has 0 saturated carbocycles. The average Bonchev–Trinajstić information content (AvgIpc) is 2.74. The van der Waals surface area contributed by atoms with E-state index >= 15 is 0 Å². The molecule has 0 bridgehead atoms. The van der Waals surface area contributed by atoms with E-state index in [9.17, 15) is 28.7 Å². The number of nitrogens with one attached hydrogen (secondary N) is 1. The summed E-state index contributed by atoms with van der Waals surface area (Å²) in [6.07, 6.45) is 3.80. The maximum Gasteiger partial charge on any atom is 0.360 e. The second kappa shape index (κ2) is 9.33. The zero-order chi connectivity index (χ0) is 22.5. The maximum atomic E-state index is 13.2. The lowest BCUT2D eigenvalue weighted by molar-refractivity contribution is -0.146. The van der Waals surface area contributed by atoms with Crippen LogP contribution in [0.4, 0.5) is 10.1 Å². The largest absolute Gasteiger partial charge is 0.481 e. The predicted molar refractivity (Wildman–Crippen MR) is 107 cm³/mol. The van der Waals surface area contributed by atoms with Gasteiger partial charge in [0, 0.05) is 6.07 Å². The molecule has 1 aliphatic carbocycles. The number of anilines is 1. The molecular weight excluding hydrogens is 409 g/mol. The van der Waals surface area contributed by atoms with Gasteiger partial charge in [0.05, 0.1) is 29.8 Å². The quantitative estimate of drug-likeness (QED) is 0.532. The molecule has 1 heterocycles. The number of ether oxygens (including phenoxy) is 1. The fourth-order valence-corrected chi connectivity index (χ4v) is 3.27. The van der Waals surface area contributed by atoms with Gasteiger partial charge in [-0.1, -0.05) is 12.2 Å². The molecule has 0 radical (unpaired) electrons. The van der Waals surface area contributed by atoms with Crippen molar-refractivity contribution in [3.05, 3.63) is 64.3 Å². The van der Waals surface area contributed by atoms with Gasteiger partial charge in [-0.2, -0.15) is 9.78 Å². The minimum atomic E-state index is -1.11. The highest BCUT2D eigenvalue weighted by Gasteiger charge is 2.34. The Labute approximate surface area is 176 Å². The number of hydrogen-bond donors (Lipinski definition) is 2. The summed E-state index contributed by atoms with van der Waals surface area (Å²) in [7, 11) is 0. The van der Waals surface area contributed by atoms with Gasteiger partial charge in [0.25, 0.3) is 5.56 Å². The summed E-state index contributed by atoms with van der Waals surface area (Å²) in [5, 5.41) is 15.8. The number of aromatic nitrogens is 2. The Morgan fingerprint density at radius 1 is 1.19 bits per heavy atom. The Kier molecular flexibility index (Phi) is 6.58. The van der Waals surface area contributed by atoms with E-state index in [1.165, 1.54) is 12.1 Å². The summed E-state index contributed by atoms with van der Waals surface area (Å²) in [6.45, 7) is 1.61. The molecule has 2 aromatic rings. The first-order valence-electron chi connectivity index (χ1n) is 9.58. The molecule has 162 valence electrons. The summed E-state index contributed by atoms with van der Waals surface area (Å²) >= 11 is 0. The molecule has 0 spiro atoms. The highest BCUT2D eigenvalue weighted by Crippen LogP contribution is 2.27. The van der Waals surface area contributed by atoms with Gasteiger partial charge in [0.2, 0.25) is 5.91 Å². The van der Waals surface area contributed by atoms with Crippen molar-refractivity contribution in [3.8, 4) is 5.69 Å². The molecule has 1 aromatic carbocycles. The highest BCUT2D eigenvalue weighted by atomic mass is 19.1. The Morgan fingerprint density at radius 3 is 2.45 bits per heavy atom. The van der Waals surface area contributed by atoms with Gasteiger partial charge in [0.15, 0.2) is 5.69 Å². The van der Waals surface area contributed by atoms with Crippen LogP contribution in [0.1, 0.15) is 30.3 Å². The fraction of sp³-hybridized carbons (Fsp3) is 0.286. The summed E-state index contributed by atoms with van der Waals surface area (Å²) < 4.78 is 19.1. The SMILES string of the molecule is CCOC(=O)c1nn(-c2ccc(F)cc2)c(=O)cc1NC(=O)C1CC=CCC1C(=O)O. The van der Waals surface area contributed by atoms with Gasteiger partial charge in [-0.3, -0.25) is 14.4 Å². The zero-order valence-corrected chi connectivity index (χ0v) is 16.6. The fourth-order valence-electron chi connectivity index (χ4n) is 3.27. The third kappa shape index (κ3) is 4.85. The molecule has 0 fully saturated rings. The van der Waals surface area contributed by atoms with Gasteiger partial charge in [-0.15, -0.1) is 0 Å². The summed E-state index contributed by atoms with van der Waals surface area (Å²) in [5.41, 5.74) is -1.01. The number of halogens is 1. The van der Waals surface area contributed by atoms with Crippen molar-refractivity contribution < 1.29 is 28.6 Å². The summed E-state index contributed by atoms with van der Waals surface area (Å²) in [4.78, 5) is 49.3. The van der Waals surface area contributed by atoms with Crippen molar-refractivity contribution in [2.45, 2.75) is 19.8 Å². The van der Waals surface area contributed by atoms with Crippen LogP contribution in [-0.2, 0) is 14.3 Å². The average molecular weight is 429 g/mol. The molecular formula is C21H20FN3O6. The second-order valence-electron chi connectivity index (χ2n) is 6.84. The van der Waals surface area contributed by atoms with Gasteiger partial charge in [-0.25, -0.2) is 9.18 Å². The standard InChI is InChI=1S/C21H20FN3O6/c1-2-31-21(30)18-16(23-19(27)14-5-3-4-6-15(14)20(28)29)11-17(26)25(24-18)13-9-7-12(22)8-10-13/h3-4,7-11,14-15H,2,5-6H2,1H3,(H,23,27)(H,28,29). The number of amides is 1. The van der Waals surface area contributed by atoms with Crippen molar-refractivity contribution in [2.75, 3.05) is 11.9 Å². The lowest BCUT2D eigenvalue weighted by atomic mass is 9.82. The maximum absolute atomic E-state index is 13.2. The van der Waals surface area contributed by atoms with Crippen LogP contribution in [0.3, 0.4) is 0 Å². The Hall–Kier alpha value is -3.82. The smallest absolute Gasteiger partial charge is 0.360 e. The number of esters is 1. The number of carboxylic acids is 1. The summed E-state index contributed by atoms with van der Waals surface area (Å²) in [6, 6.07) is 5.87. The van der Waals surface area contributed by atoms with E-state index in [0.717, 1.165) is 22.9 Å². The molecule has 1 amide bonds. The monoisotopic (exact) mass is 429 g/mol. The van der Waals surface area contributed by atoms with Gasteiger partial charge in [0.1, 0.15) is 5.82 Å². The molecule has 2 N–H and O–H groups in total. The van der Waals surface area contributed by atoms with E-state index in [1.807, 2.05) is 0 Å². The molecule has 2 unspecified atom stereocenters. The van der Waals surface area contributed by atoms with Crippen molar-refractivity contribution in [1.82, 2.24) is 9.78 Å². The molecule has 3 rings (SSSR count). The van der Waals surface area contributed by atoms with Crippen LogP contribution >= 0.6 is 0 Å². The van der Waals surface area contributed by atoms with E-state index in [2.05, 4.69) is 10.4 Å². The molecule has 0 aliphatic heterocycles. The lowest BCUT2D eigenvalue weighted by Crippen LogP contribution is -2.36.